The number of benzene rings is 1. The van der Waals surface area contributed by atoms with Gasteiger partial charge in [0.15, 0.2) is 0 Å². The van der Waals surface area contributed by atoms with Crippen molar-refractivity contribution in [3.8, 4) is 0 Å². The second-order valence-corrected chi connectivity index (χ2v) is 6.31. The fourth-order valence-electron chi connectivity index (χ4n) is 1.90. The smallest absolute Gasteiger partial charge is 0.0448 e. The van der Waals surface area contributed by atoms with Gasteiger partial charge >= 0.3 is 0 Å². The highest BCUT2D eigenvalue weighted by atomic mass is 35.5. The average molecular weight is 286 g/mol. The number of hydrogen-bond acceptors (Lipinski definition) is 2. The zero-order chi connectivity index (χ0) is 13.4. The van der Waals surface area contributed by atoms with Crippen LogP contribution in [0.3, 0.4) is 0 Å². The number of rotatable bonds is 8. The van der Waals surface area contributed by atoms with Gasteiger partial charge in [0.1, 0.15) is 0 Å². The third-order valence-electron chi connectivity index (χ3n) is 3.10. The van der Waals surface area contributed by atoms with Crippen LogP contribution in [0.4, 0.5) is 0 Å². The number of hydrogen-bond donors (Lipinski definition) is 1. The lowest BCUT2D eigenvalue weighted by Gasteiger charge is -2.23. The van der Waals surface area contributed by atoms with Crippen LogP contribution in [0.5, 0.6) is 0 Å². The van der Waals surface area contributed by atoms with Crippen LogP contribution in [-0.2, 0) is 0 Å². The third kappa shape index (κ3) is 5.21. The second-order valence-electron chi connectivity index (χ2n) is 4.62. The van der Waals surface area contributed by atoms with E-state index in [1.54, 1.807) is 0 Å². The van der Waals surface area contributed by atoms with Crippen molar-refractivity contribution < 1.29 is 0 Å². The van der Waals surface area contributed by atoms with E-state index >= 15 is 0 Å². The van der Waals surface area contributed by atoms with Crippen LogP contribution in [0.25, 0.3) is 0 Å². The van der Waals surface area contributed by atoms with Crippen molar-refractivity contribution >= 4 is 23.4 Å². The van der Waals surface area contributed by atoms with E-state index in [1.165, 1.54) is 30.6 Å². The molecule has 102 valence electrons. The van der Waals surface area contributed by atoms with Crippen LogP contribution in [0.2, 0.25) is 5.02 Å². The van der Waals surface area contributed by atoms with Gasteiger partial charge in [-0.15, -0.1) is 0 Å². The van der Waals surface area contributed by atoms with Gasteiger partial charge in [-0.1, -0.05) is 50.4 Å². The molecule has 3 heteroatoms. The molecule has 2 atom stereocenters. The Morgan fingerprint density at radius 1 is 1.17 bits per heavy atom. The molecule has 0 aliphatic carbocycles. The van der Waals surface area contributed by atoms with Gasteiger partial charge in [0.25, 0.3) is 0 Å². The minimum absolute atomic E-state index is 0.220. The summed E-state index contributed by atoms with van der Waals surface area (Å²) in [6.07, 6.45) is 4.86. The standard InChI is InChI=1S/C15H24ClNS/c1-3-5-6-11-18-15(14(17)4-2)12-7-9-13(16)10-8-12/h7-10,14-15H,3-6,11,17H2,1-2H3. The molecule has 0 amide bonds. The van der Waals surface area contributed by atoms with Gasteiger partial charge in [-0.25, -0.2) is 0 Å². The molecule has 0 saturated heterocycles. The molecule has 0 bridgehead atoms. The van der Waals surface area contributed by atoms with Crippen LogP contribution < -0.4 is 5.73 Å². The Kier molecular flexibility index (Phi) is 7.80. The molecule has 0 aliphatic rings. The van der Waals surface area contributed by atoms with E-state index in [1.807, 2.05) is 23.9 Å². The molecule has 0 spiro atoms. The SMILES string of the molecule is CCCCCSC(c1ccc(Cl)cc1)C(N)CC. The molecule has 1 rings (SSSR count). The first kappa shape index (κ1) is 15.9. The number of unbranched alkanes of at least 4 members (excludes halogenated alkanes) is 2. The monoisotopic (exact) mass is 285 g/mol. The van der Waals surface area contributed by atoms with Gasteiger partial charge in [0.05, 0.1) is 0 Å². The molecule has 2 unspecified atom stereocenters. The quantitative estimate of drug-likeness (QED) is 0.677. The number of halogens is 1. The lowest BCUT2D eigenvalue weighted by Crippen LogP contribution is -2.25. The van der Waals surface area contributed by atoms with Gasteiger partial charge in [-0.2, -0.15) is 11.8 Å². The van der Waals surface area contributed by atoms with Crippen molar-refractivity contribution in [3.63, 3.8) is 0 Å². The van der Waals surface area contributed by atoms with Crippen molar-refractivity contribution in [3.05, 3.63) is 34.9 Å². The normalized spacial score (nSPS) is 14.4. The van der Waals surface area contributed by atoms with Crippen LogP contribution in [0, 0.1) is 0 Å². The van der Waals surface area contributed by atoms with Gasteiger partial charge in [-0.3, -0.25) is 0 Å². The van der Waals surface area contributed by atoms with Crippen molar-refractivity contribution in [2.45, 2.75) is 50.8 Å². The molecule has 0 heterocycles. The van der Waals surface area contributed by atoms with E-state index in [0.717, 1.165) is 11.4 Å². The summed E-state index contributed by atoms with van der Waals surface area (Å²) in [6.45, 7) is 4.39. The summed E-state index contributed by atoms with van der Waals surface area (Å²) in [5.74, 6) is 1.19. The minimum atomic E-state index is 0.220. The largest absolute Gasteiger partial charge is 0.326 e. The summed E-state index contributed by atoms with van der Waals surface area (Å²) < 4.78 is 0. The second kappa shape index (κ2) is 8.84. The predicted molar refractivity (Wildman–Crippen MR) is 84.4 cm³/mol. The molecular formula is C15H24ClNS. The molecule has 0 radical (unpaired) electrons. The summed E-state index contributed by atoms with van der Waals surface area (Å²) in [6, 6.07) is 8.35. The zero-order valence-electron chi connectivity index (χ0n) is 11.4. The highest BCUT2D eigenvalue weighted by Gasteiger charge is 2.18. The summed E-state index contributed by atoms with van der Waals surface area (Å²) >= 11 is 7.92. The van der Waals surface area contributed by atoms with Crippen molar-refractivity contribution in [2.24, 2.45) is 5.73 Å². The summed E-state index contributed by atoms with van der Waals surface area (Å²) in [5, 5.41) is 1.18. The van der Waals surface area contributed by atoms with Crippen molar-refractivity contribution in [1.29, 1.82) is 0 Å². The highest BCUT2D eigenvalue weighted by molar-refractivity contribution is 7.99. The maximum atomic E-state index is 6.25. The minimum Gasteiger partial charge on any atom is -0.326 e. The lowest BCUT2D eigenvalue weighted by atomic mass is 10.0. The molecule has 0 saturated carbocycles. The van der Waals surface area contributed by atoms with Crippen LogP contribution in [-0.4, -0.2) is 11.8 Å². The lowest BCUT2D eigenvalue weighted by molar-refractivity contribution is 0.633. The first-order valence-electron chi connectivity index (χ1n) is 6.81. The fourth-order valence-corrected chi connectivity index (χ4v) is 3.44. The molecule has 1 aromatic rings. The molecule has 0 aromatic heterocycles. The molecule has 0 aliphatic heterocycles. The van der Waals surface area contributed by atoms with Gasteiger partial charge in [-0.05, 0) is 36.3 Å². The maximum Gasteiger partial charge on any atom is 0.0448 e. The predicted octanol–water partition coefficient (Wildman–Crippen LogP) is 5.04. The molecule has 1 aromatic carbocycles. The Hall–Kier alpha value is -0.180. The first-order valence-corrected chi connectivity index (χ1v) is 8.24. The summed E-state index contributed by atoms with van der Waals surface area (Å²) in [5.41, 5.74) is 7.55. The molecule has 2 N–H and O–H groups in total. The van der Waals surface area contributed by atoms with Crippen LogP contribution in [0.1, 0.15) is 50.3 Å². The van der Waals surface area contributed by atoms with Gasteiger partial charge in [0.2, 0.25) is 0 Å². The van der Waals surface area contributed by atoms with Crippen LogP contribution >= 0.6 is 23.4 Å². The zero-order valence-corrected chi connectivity index (χ0v) is 12.9. The van der Waals surface area contributed by atoms with Gasteiger partial charge in [0, 0.05) is 16.3 Å². The topological polar surface area (TPSA) is 26.0 Å². The Labute approximate surface area is 120 Å². The summed E-state index contributed by atoms with van der Waals surface area (Å²) in [4.78, 5) is 0. The highest BCUT2D eigenvalue weighted by Crippen LogP contribution is 2.33. The van der Waals surface area contributed by atoms with E-state index < -0.39 is 0 Å². The third-order valence-corrected chi connectivity index (χ3v) is 4.86. The maximum absolute atomic E-state index is 6.25. The van der Waals surface area contributed by atoms with Crippen molar-refractivity contribution in [2.75, 3.05) is 5.75 Å². The summed E-state index contributed by atoms with van der Waals surface area (Å²) in [7, 11) is 0. The Morgan fingerprint density at radius 2 is 1.83 bits per heavy atom. The Balaban J connectivity index is 2.63. The molecular weight excluding hydrogens is 262 g/mol. The molecule has 18 heavy (non-hydrogen) atoms. The van der Waals surface area contributed by atoms with Gasteiger partial charge < -0.3 is 5.73 Å². The van der Waals surface area contributed by atoms with Crippen LogP contribution in [0.15, 0.2) is 24.3 Å². The van der Waals surface area contributed by atoms with E-state index in [0.29, 0.717) is 5.25 Å². The Morgan fingerprint density at radius 3 is 2.39 bits per heavy atom. The first-order chi connectivity index (χ1) is 8.69. The average Bonchev–Trinajstić information content (AvgIpc) is 2.39. The molecule has 0 fully saturated rings. The number of thioether (sulfide) groups is 1. The van der Waals surface area contributed by atoms with Crippen molar-refractivity contribution in [1.82, 2.24) is 0 Å². The van der Waals surface area contributed by atoms with E-state index in [-0.39, 0.29) is 6.04 Å². The molecule has 1 nitrogen and oxygen atoms in total. The van der Waals surface area contributed by atoms with E-state index in [9.17, 15) is 0 Å². The number of nitrogens with two attached hydrogens (primary N) is 1. The van der Waals surface area contributed by atoms with E-state index in [2.05, 4.69) is 26.0 Å². The van der Waals surface area contributed by atoms with E-state index in [4.69, 9.17) is 17.3 Å². The fraction of sp³-hybridized carbons (Fsp3) is 0.600. The Bertz CT molecular complexity index is 326.